The minimum atomic E-state index is -1.10. The van der Waals surface area contributed by atoms with Gasteiger partial charge in [0, 0.05) is 28.7 Å². The van der Waals surface area contributed by atoms with E-state index in [1.165, 1.54) is 17.0 Å². The summed E-state index contributed by atoms with van der Waals surface area (Å²) in [5.41, 5.74) is -0.104. The number of carbonyl (C=O) groups is 2. The van der Waals surface area contributed by atoms with Crippen LogP contribution in [-0.2, 0) is 4.79 Å². The average molecular weight is 357 g/mol. The number of hydrogen-bond donors (Lipinski definition) is 1. The van der Waals surface area contributed by atoms with Crippen LogP contribution >= 0.6 is 15.9 Å². The van der Waals surface area contributed by atoms with E-state index in [1.807, 2.05) is 0 Å². The van der Waals surface area contributed by atoms with E-state index in [0.717, 1.165) is 18.9 Å². The van der Waals surface area contributed by atoms with E-state index >= 15 is 0 Å². The van der Waals surface area contributed by atoms with Crippen LogP contribution in [0.2, 0.25) is 0 Å². The van der Waals surface area contributed by atoms with Crippen molar-refractivity contribution in [2.24, 2.45) is 5.92 Å². The second kappa shape index (κ2) is 6.21. The fourth-order valence-electron chi connectivity index (χ4n) is 1.98. The van der Waals surface area contributed by atoms with Gasteiger partial charge in [-0.1, -0.05) is 15.9 Å². The Kier molecular flexibility index (Phi) is 4.56. The fourth-order valence-corrected chi connectivity index (χ4v) is 2.46. The van der Waals surface area contributed by atoms with Crippen molar-refractivity contribution in [1.82, 2.24) is 4.90 Å². The molecule has 0 aromatic heterocycles. The number of halogens is 1. The number of nitrogens with zero attached hydrogens (tertiary/aromatic N) is 2. The predicted molar refractivity (Wildman–Crippen MR) is 77.1 cm³/mol. The number of carboxylic acid groups (broad SMARTS) is 1. The van der Waals surface area contributed by atoms with Gasteiger partial charge >= 0.3 is 5.97 Å². The molecule has 1 amide bonds. The smallest absolute Gasteiger partial charge is 0.323 e. The second-order valence-corrected chi connectivity index (χ2v) is 5.89. The molecule has 1 aliphatic carbocycles. The Morgan fingerprint density at radius 2 is 2.05 bits per heavy atom. The highest BCUT2D eigenvalue weighted by atomic mass is 79.9. The number of aliphatic carboxylic acids is 1. The summed E-state index contributed by atoms with van der Waals surface area (Å²) in [7, 11) is 0. The van der Waals surface area contributed by atoms with Crippen LogP contribution in [0.3, 0.4) is 0 Å². The fraction of sp³-hybridized carbons (Fsp3) is 0.385. The van der Waals surface area contributed by atoms with Gasteiger partial charge in [-0.25, -0.2) is 0 Å². The molecule has 8 heteroatoms. The molecule has 0 heterocycles. The zero-order chi connectivity index (χ0) is 15.6. The van der Waals surface area contributed by atoms with Gasteiger partial charge in [0.05, 0.1) is 4.92 Å². The third-order valence-electron chi connectivity index (χ3n) is 3.13. The number of non-ortho nitro benzene ring substituents is 1. The Bertz CT molecular complexity index is 600. The highest BCUT2D eigenvalue weighted by molar-refractivity contribution is 9.10. The van der Waals surface area contributed by atoms with Gasteiger partial charge in [-0.05, 0) is 24.8 Å². The van der Waals surface area contributed by atoms with Crippen molar-refractivity contribution < 1.29 is 19.6 Å². The topological polar surface area (TPSA) is 101 Å². The molecule has 1 aliphatic rings. The Morgan fingerprint density at radius 3 is 2.57 bits per heavy atom. The number of benzene rings is 1. The number of amides is 1. The van der Waals surface area contributed by atoms with Gasteiger partial charge in [0.15, 0.2) is 0 Å². The lowest BCUT2D eigenvalue weighted by atomic mass is 10.1. The maximum Gasteiger partial charge on any atom is 0.323 e. The first-order valence-corrected chi connectivity index (χ1v) is 7.12. The van der Waals surface area contributed by atoms with Crippen LogP contribution in [-0.4, -0.2) is 39.9 Å². The third kappa shape index (κ3) is 4.25. The highest BCUT2D eigenvalue weighted by Crippen LogP contribution is 2.30. The molecule has 21 heavy (non-hydrogen) atoms. The van der Waals surface area contributed by atoms with E-state index in [0.29, 0.717) is 16.9 Å². The van der Waals surface area contributed by atoms with Crippen LogP contribution in [0.15, 0.2) is 22.7 Å². The quantitative estimate of drug-likeness (QED) is 0.622. The normalized spacial score (nSPS) is 13.8. The Morgan fingerprint density at radius 1 is 1.38 bits per heavy atom. The molecule has 0 bridgehead atoms. The first-order valence-electron chi connectivity index (χ1n) is 6.33. The molecule has 0 unspecified atom stereocenters. The van der Waals surface area contributed by atoms with Gasteiger partial charge < -0.3 is 10.0 Å². The molecule has 7 nitrogen and oxygen atoms in total. The zero-order valence-corrected chi connectivity index (χ0v) is 12.6. The van der Waals surface area contributed by atoms with Gasteiger partial charge in [0.1, 0.15) is 6.54 Å². The molecule has 2 rings (SSSR count). The molecule has 0 saturated heterocycles. The van der Waals surface area contributed by atoms with Gasteiger partial charge in [-0.3, -0.25) is 19.7 Å². The molecular formula is C13H13BrN2O5. The van der Waals surface area contributed by atoms with Crippen LogP contribution in [0.5, 0.6) is 0 Å². The molecule has 1 fully saturated rings. The Labute approximate surface area is 128 Å². The van der Waals surface area contributed by atoms with Crippen molar-refractivity contribution >= 4 is 33.5 Å². The number of nitro groups is 1. The van der Waals surface area contributed by atoms with Crippen molar-refractivity contribution in [3.05, 3.63) is 38.3 Å². The zero-order valence-electron chi connectivity index (χ0n) is 11.0. The van der Waals surface area contributed by atoms with E-state index < -0.39 is 23.3 Å². The largest absolute Gasteiger partial charge is 0.480 e. The van der Waals surface area contributed by atoms with E-state index in [9.17, 15) is 19.7 Å². The van der Waals surface area contributed by atoms with E-state index in [-0.39, 0.29) is 11.3 Å². The first kappa shape index (κ1) is 15.4. The van der Waals surface area contributed by atoms with Crippen molar-refractivity contribution in [2.45, 2.75) is 12.8 Å². The summed E-state index contributed by atoms with van der Waals surface area (Å²) in [6.07, 6.45) is 1.95. The number of rotatable bonds is 6. The standard InChI is InChI=1S/C13H13BrN2O5/c14-10-3-9(4-11(5-10)16(20)21)13(19)15(7-12(17)18)6-8-1-2-8/h3-5,8H,1-2,6-7H2,(H,17,18). The minimum absolute atomic E-state index is 0.109. The summed E-state index contributed by atoms with van der Waals surface area (Å²) >= 11 is 3.12. The summed E-state index contributed by atoms with van der Waals surface area (Å²) in [5, 5.41) is 19.7. The van der Waals surface area contributed by atoms with E-state index in [2.05, 4.69) is 15.9 Å². The van der Waals surface area contributed by atoms with Gasteiger partial charge in [0.25, 0.3) is 11.6 Å². The molecule has 0 aliphatic heterocycles. The maximum atomic E-state index is 12.4. The van der Waals surface area contributed by atoms with Gasteiger partial charge in [-0.2, -0.15) is 0 Å². The lowest BCUT2D eigenvalue weighted by Gasteiger charge is -2.20. The van der Waals surface area contributed by atoms with Crippen LogP contribution in [0, 0.1) is 16.0 Å². The molecule has 1 aromatic carbocycles. The molecule has 0 radical (unpaired) electrons. The van der Waals surface area contributed by atoms with Crippen LogP contribution in [0.25, 0.3) is 0 Å². The Balaban J connectivity index is 2.26. The number of hydrogen-bond acceptors (Lipinski definition) is 4. The Hall–Kier alpha value is -1.96. The number of carboxylic acids is 1. The number of nitro benzene ring substituents is 1. The summed E-state index contributed by atoms with van der Waals surface area (Å²) in [5.74, 6) is -1.28. The van der Waals surface area contributed by atoms with Crippen molar-refractivity contribution in [3.63, 3.8) is 0 Å². The van der Waals surface area contributed by atoms with E-state index in [4.69, 9.17) is 5.11 Å². The summed E-state index contributed by atoms with van der Waals surface area (Å²) in [6, 6.07) is 3.91. The maximum absolute atomic E-state index is 12.4. The second-order valence-electron chi connectivity index (χ2n) is 4.98. The molecule has 112 valence electrons. The highest BCUT2D eigenvalue weighted by Gasteiger charge is 2.29. The van der Waals surface area contributed by atoms with Crippen molar-refractivity contribution in [1.29, 1.82) is 0 Å². The van der Waals surface area contributed by atoms with Crippen molar-refractivity contribution in [2.75, 3.05) is 13.1 Å². The molecule has 1 aromatic rings. The van der Waals surface area contributed by atoms with Crippen LogP contribution in [0.4, 0.5) is 5.69 Å². The average Bonchev–Trinajstić information content (AvgIpc) is 3.19. The van der Waals surface area contributed by atoms with Gasteiger partial charge in [-0.15, -0.1) is 0 Å². The summed E-state index contributed by atoms with van der Waals surface area (Å²) in [4.78, 5) is 34.7. The minimum Gasteiger partial charge on any atom is -0.480 e. The predicted octanol–water partition coefficient (Wildman–Crippen LogP) is 2.29. The summed E-state index contributed by atoms with van der Waals surface area (Å²) < 4.78 is 0.404. The third-order valence-corrected chi connectivity index (χ3v) is 3.59. The molecular weight excluding hydrogens is 344 g/mol. The number of carbonyl (C=O) groups excluding carboxylic acids is 1. The lowest BCUT2D eigenvalue weighted by Crippen LogP contribution is -2.37. The summed E-state index contributed by atoms with van der Waals surface area (Å²) in [6.45, 7) is -0.0406. The monoisotopic (exact) mass is 356 g/mol. The van der Waals surface area contributed by atoms with Crippen LogP contribution in [0.1, 0.15) is 23.2 Å². The molecule has 1 N–H and O–H groups in total. The molecule has 0 atom stereocenters. The van der Waals surface area contributed by atoms with Crippen molar-refractivity contribution in [3.8, 4) is 0 Å². The van der Waals surface area contributed by atoms with E-state index in [1.54, 1.807) is 0 Å². The van der Waals surface area contributed by atoms with Gasteiger partial charge in [0.2, 0.25) is 0 Å². The van der Waals surface area contributed by atoms with Crippen LogP contribution < -0.4 is 0 Å². The lowest BCUT2D eigenvalue weighted by molar-refractivity contribution is -0.385. The molecule has 1 saturated carbocycles. The SMILES string of the molecule is O=C(O)CN(CC1CC1)C(=O)c1cc(Br)cc([N+](=O)[O-])c1. The first-order chi connectivity index (χ1) is 9.86. The molecule has 0 spiro atoms.